The zero-order chi connectivity index (χ0) is 13.7. The lowest BCUT2D eigenvalue weighted by molar-refractivity contribution is -0.427. The fraction of sp³-hybridized carbons (Fsp3) is 0.467. The predicted octanol–water partition coefficient (Wildman–Crippen LogP) is 3.98. The number of hydrogen-bond acceptors (Lipinski definition) is 3. The van der Waals surface area contributed by atoms with Gasteiger partial charge >= 0.3 is 0 Å². The molecular formula is C15H19NO3. The summed E-state index contributed by atoms with van der Waals surface area (Å²) in [5.74, 6) is 0.620. The first-order valence-corrected chi connectivity index (χ1v) is 6.79. The molecule has 1 aliphatic carbocycles. The van der Waals surface area contributed by atoms with E-state index in [2.05, 4.69) is 0 Å². The van der Waals surface area contributed by atoms with Crippen molar-refractivity contribution in [2.45, 2.75) is 38.5 Å². The lowest BCUT2D eigenvalue weighted by atomic mass is 9.86. The number of rotatable bonds is 4. The van der Waals surface area contributed by atoms with Crippen LogP contribution in [0.1, 0.15) is 44.1 Å². The SMILES string of the molecule is O=[N+]([O-])/C(=C/c1ccc(O)cc1)CC1CCCCC1. The number of phenols is 1. The molecule has 0 spiro atoms. The number of benzene rings is 1. The molecule has 0 saturated heterocycles. The van der Waals surface area contributed by atoms with E-state index in [0.29, 0.717) is 12.3 Å². The van der Waals surface area contributed by atoms with Crippen LogP contribution in [0.15, 0.2) is 30.0 Å². The number of allylic oxidation sites excluding steroid dienone is 1. The van der Waals surface area contributed by atoms with E-state index < -0.39 is 0 Å². The minimum Gasteiger partial charge on any atom is -0.508 e. The highest BCUT2D eigenvalue weighted by Gasteiger charge is 2.20. The third kappa shape index (κ3) is 4.09. The van der Waals surface area contributed by atoms with Gasteiger partial charge in [0.2, 0.25) is 5.70 Å². The van der Waals surface area contributed by atoms with Crippen molar-refractivity contribution in [3.05, 3.63) is 45.6 Å². The highest BCUT2D eigenvalue weighted by molar-refractivity contribution is 5.52. The minimum atomic E-state index is -0.276. The lowest BCUT2D eigenvalue weighted by Crippen LogP contribution is -2.10. The molecule has 102 valence electrons. The Labute approximate surface area is 112 Å². The van der Waals surface area contributed by atoms with Crippen LogP contribution in [-0.2, 0) is 0 Å². The van der Waals surface area contributed by atoms with Gasteiger partial charge in [-0.3, -0.25) is 10.1 Å². The first-order chi connectivity index (χ1) is 9.15. The second kappa shape index (κ2) is 6.36. The first kappa shape index (κ1) is 13.6. The van der Waals surface area contributed by atoms with Gasteiger partial charge < -0.3 is 5.11 Å². The van der Waals surface area contributed by atoms with E-state index in [1.165, 1.54) is 19.3 Å². The molecule has 0 atom stereocenters. The second-order valence-corrected chi connectivity index (χ2v) is 5.19. The molecule has 0 heterocycles. The van der Waals surface area contributed by atoms with Gasteiger partial charge in [0.05, 0.1) is 4.92 Å². The van der Waals surface area contributed by atoms with Crippen molar-refractivity contribution in [3.63, 3.8) is 0 Å². The number of nitro groups is 1. The minimum absolute atomic E-state index is 0.173. The van der Waals surface area contributed by atoms with Crippen LogP contribution in [0.4, 0.5) is 0 Å². The summed E-state index contributed by atoms with van der Waals surface area (Å²) in [6.07, 6.45) is 8.00. The molecule has 0 aliphatic heterocycles. The quantitative estimate of drug-likeness (QED) is 0.658. The van der Waals surface area contributed by atoms with Crippen LogP contribution < -0.4 is 0 Å². The van der Waals surface area contributed by atoms with Crippen LogP contribution in [0.5, 0.6) is 5.75 Å². The average Bonchev–Trinajstić information content (AvgIpc) is 2.41. The summed E-state index contributed by atoms with van der Waals surface area (Å²) < 4.78 is 0. The fourth-order valence-corrected chi connectivity index (χ4v) is 2.64. The largest absolute Gasteiger partial charge is 0.508 e. The van der Waals surface area contributed by atoms with Crippen LogP contribution in [0.25, 0.3) is 6.08 Å². The highest BCUT2D eigenvalue weighted by atomic mass is 16.6. The standard InChI is InChI=1S/C15H19NO3/c17-15-8-6-13(7-9-15)11-14(16(18)19)10-12-4-2-1-3-5-12/h6-9,11-12,17H,1-5,10H2/b14-11+. The Balaban J connectivity index is 2.10. The highest BCUT2D eigenvalue weighted by Crippen LogP contribution is 2.29. The normalized spacial score (nSPS) is 17.4. The zero-order valence-electron chi connectivity index (χ0n) is 10.9. The van der Waals surface area contributed by atoms with Crippen LogP contribution >= 0.6 is 0 Å². The molecule has 1 aromatic carbocycles. The molecule has 1 N–H and O–H groups in total. The molecule has 0 amide bonds. The maximum Gasteiger partial charge on any atom is 0.247 e. The molecule has 0 unspecified atom stereocenters. The number of hydrogen-bond donors (Lipinski definition) is 1. The van der Waals surface area contributed by atoms with E-state index in [1.807, 2.05) is 0 Å². The van der Waals surface area contributed by atoms with Crippen molar-refractivity contribution in [2.75, 3.05) is 0 Å². The van der Waals surface area contributed by atoms with Gasteiger partial charge in [-0.05, 0) is 36.5 Å². The van der Waals surface area contributed by atoms with E-state index >= 15 is 0 Å². The number of phenolic OH excluding ortho intramolecular Hbond substituents is 1. The summed E-state index contributed by atoms with van der Waals surface area (Å²) in [6, 6.07) is 6.48. The van der Waals surface area contributed by atoms with Crippen molar-refractivity contribution in [2.24, 2.45) is 5.92 Å². The maximum absolute atomic E-state index is 11.1. The molecular weight excluding hydrogens is 242 g/mol. The van der Waals surface area contributed by atoms with Gasteiger partial charge in [0.1, 0.15) is 5.75 Å². The van der Waals surface area contributed by atoms with Crippen molar-refractivity contribution in [1.29, 1.82) is 0 Å². The second-order valence-electron chi connectivity index (χ2n) is 5.19. The molecule has 4 nitrogen and oxygen atoms in total. The molecule has 19 heavy (non-hydrogen) atoms. The van der Waals surface area contributed by atoms with Gasteiger partial charge in [-0.2, -0.15) is 0 Å². The molecule has 1 saturated carbocycles. The average molecular weight is 261 g/mol. The third-order valence-electron chi connectivity index (χ3n) is 3.68. The van der Waals surface area contributed by atoms with E-state index in [9.17, 15) is 15.2 Å². The molecule has 0 radical (unpaired) electrons. The Kier molecular flexibility index (Phi) is 4.55. The Bertz CT molecular complexity index is 459. The van der Waals surface area contributed by atoms with Crippen molar-refractivity contribution < 1.29 is 10.0 Å². The molecule has 4 heteroatoms. The summed E-state index contributed by atoms with van der Waals surface area (Å²) >= 11 is 0. The van der Waals surface area contributed by atoms with Crippen LogP contribution in [-0.4, -0.2) is 10.0 Å². The first-order valence-electron chi connectivity index (χ1n) is 6.79. The van der Waals surface area contributed by atoms with E-state index in [-0.39, 0.29) is 16.4 Å². The molecule has 0 aromatic heterocycles. The number of nitrogens with zero attached hydrogens (tertiary/aromatic N) is 1. The molecule has 2 rings (SSSR count). The lowest BCUT2D eigenvalue weighted by Gasteiger charge is -2.20. The van der Waals surface area contributed by atoms with Crippen LogP contribution in [0.2, 0.25) is 0 Å². The summed E-state index contributed by atoms with van der Waals surface area (Å²) in [4.78, 5) is 10.9. The Morgan fingerprint density at radius 1 is 1.26 bits per heavy atom. The zero-order valence-corrected chi connectivity index (χ0v) is 10.9. The van der Waals surface area contributed by atoms with Crippen LogP contribution in [0, 0.1) is 16.0 Å². The van der Waals surface area contributed by atoms with E-state index in [1.54, 1.807) is 30.3 Å². The van der Waals surface area contributed by atoms with Gasteiger partial charge in [0, 0.05) is 12.5 Å². The maximum atomic E-state index is 11.1. The van der Waals surface area contributed by atoms with Gasteiger partial charge in [-0.15, -0.1) is 0 Å². The Hall–Kier alpha value is -1.84. The fourth-order valence-electron chi connectivity index (χ4n) is 2.64. The molecule has 0 bridgehead atoms. The monoisotopic (exact) mass is 261 g/mol. The molecule has 1 aliphatic rings. The van der Waals surface area contributed by atoms with Gasteiger partial charge in [-0.1, -0.05) is 31.4 Å². The van der Waals surface area contributed by atoms with Crippen molar-refractivity contribution in [1.82, 2.24) is 0 Å². The number of aromatic hydroxyl groups is 1. The third-order valence-corrected chi connectivity index (χ3v) is 3.68. The van der Waals surface area contributed by atoms with Gasteiger partial charge in [0.15, 0.2) is 0 Å². The van der Waals surface area contributed by atoms with Gasteiger partial charge in [-0.25, -0.2) is 0 Å². The summed E-state index contributed by atoms with van der Waals surface area (Å²) in [7, 11) is 0. The predicted molar refractivity (Wildman–Crippen MR) is 74.3 cm³/mol. The molecule has 1 aromatic rings. The summed E-state index contributed by atoms with van der Waals surface area (Å²) in [6.45, 7) is 0. The Morgan fingerprint density at radius 2 is 1.89 bits per heavy atom. The molecule has 1 fully saturated rings. The summed E-state index contributed by atoms with van der Waals surface area (Å²) in [5.41, 5.74) is 1.04. The van der Waals surface area contributed by atoms with E-state index in [0.717, 1.165) is 18.4 Å². The van der Waals surface area contributed by atoms with E-state index in [4.69, 9.17) is 0 Å². The van der Waals surface area contributed by atoms with Gasteiger partial charge in [0.25, 0.3) is 0 Å². The van der Waals surface area contributed by atoms with Crippen molar-refractivity contribution in [3.8, 4) is 5.75 Å². The Morgan fingerprint density at radius 3 is 2.47 bits per heavy atom. The topological polar surface area (TPSA) is 63.4 Å². The smallest absolute Gasteiger partial charge is 0.247 e. The summed E-state index contributed by atoms with van der Waals surface area (Å²) in [5, 5.41) is 20.3. The van der Waals surface area contributed by atoms with Crippen molar-refractivity contribution >= 4 is 6.08 Å². The van der Waals surface area contributed by atoms with Crippen LogP contribution in [0.3, 0.4) is 0 Å².